The van der Waals surface area contributed by atoms with Gasteiger partial charge in [-0.25, -0.2) is 0 Å². The molecule has 4 nitrogen and oxygen atoms in total. The highest BCUT2D eigenvalue weighted by Gasteiger charge is 2.60. The summed E-state index contributed by atoms with van der Waals surface area (Å²) in [4.78, 5) is 11.0. The molecule has 0 amide bonds. The lowest BCUT2D eigenvalue weighted by molar-refractivity contribution is 0.194. The second-order valence-corrected chi connectivity index (χ2v) is 28.7. The summed E-state index contributed by atoms with van der Waals surface area (Å²) in [5, 5.41) is 5.28. The van der Waals surface area contributed by atoms with Crippen molar-refractivity contribution in [1.29, 1.82) is 0 Å². The highest BCUT2D eigenvalue weighted by molar-refractivity contribution is 7.26. The molecule has 11 aromatic rings. The Hall–Kier alpha value is -7.32. The monoisotopic (exact) mass is 1100 g/mol. The Balaban J connectivity index is 0.958. The van der Waals surface area contributed by atoms with Gasteiger partial charge in [0, 0.05) is 97.7 Å². The third kappa shape index (κ3) is 6.29. The molecule has 6 heterocycles. The normalized spacial score (nSPS) is 23.1. The second-order valence-electron chi connectivity index (χ2n) is 26.6. The number of aryl methyl sites for hydroxylation is 5. The zero-order chi connectivity index (χ0) is 55.5. The molecule has 17 rings (SSSR count). The van der Waals surface area contributed by atoms with Crippen LogP contribution in [0.15, 0.2) is 158 Å². The first-order valence-corrected chi connectivity index (χ1v) is 32.0. The summed E-state index contributed by atoms with van der Waals surface area (Å²) in [6.45, 7) is 22.0. The Morgan fingerprint density at radius 2 is 0.854 bits per heavy atom. The van der Waals surface area contributed by atoms with E-state index in [0.29, 0.717) is 0 Å². The van der Waals surface area contributed by atoms with Gasteiger partial charge in [0.25, 0.3) is 6.71 Å². The fraction of sp³-hybridized carbons (Fsp3) is 0.280. The molecular formula is C75H69BN4S2. The van der Waals surface area contributed by atoms with Crippen molar-refractivity contribution in [3.63, 3.8) is 0 Å². The Kier molecular flexibility index (Phi) is 10.2. The van der Waals surface area contributed by atoms with E-state index in [1.54, 1.807) is 11.1 Å². The predicted molar refractivity (Wildman–Crippen MR) is 356 cm³/mol. The van der Waals surface area contributed by atoms with E-state index in [-0.39, 0.29) is 28.6 Å². The van der Waals surface area contributed by atoms with Crippen molar-refractivity contribution in [1.82, 2.24) is 0 Å². The number of anilines is 10. The van der Waals surface area contributed by atoms with E-state index in [2.05, 4.69) is 240 Å². The minimum absolute atomic E-state index is 0.0242. The standard InChI is InChI=1S/C75H69BN4S2/c1-44-35-47(4)68-61(37-44)79(74(8)33-16-14-31-72(68,74)6)50-25-28-56-59(42-50)77(49-27-30-67-55(41-49)53-20-11-12-23-65(53)81-67)63-39-46(3)40-64-70(63)76(56)57-29-26-51(80-62-38-45(2)36-48(5)69(62)73(7)32-15-17-34-75(73,80)9)43-60(57)78(64)58-22-18-21-54-52-19-10-13-24-66(52)82-71(54)58/h10-13,18-30,35-43H,14-17,31-34H2,1-9H3. The van der Waals surface area contributed by atoms with Gasteiger partial charge in [-0.15, -0.1) is 22.7 Å². The Morgan fingerprint density at radius 1 is 0.378 bits per heavy atom. The van der Waals surface area contributed by atoms with E-state index >= 15 is 0 Å². The molecule has 0 N–H and O–H groups in total. The van der Waals surface area contributed by atoms with Crippen molar-refractivity contribution >= 4 is 143 Å². The first-order chi connectivity index (χ1) is 39.7. The Morgan fingerprint density at radius 3 is 1.46 bits per heavy atom. The molecule has 2 fully saturated rings. The van der Waals surface area contributed by atoms with Gasteiger partial charge in [-0.1, -0.05) is 112 Å². The molecule has 0 bridgehead atoms. The van der Waals surface area contributed by atoms with E-state index in [0.717, 1.165) is 12.8 Å². The number of hydrogen-bond donors (Lipinski definition) is 0. The van der Waals surface area contributed by atoms with Crippen molar-refractivity contribution < 1.29 is 0 Å². The molecule has 9 aromatic carbocycles. The Labute approximate surface area is 491 Å². The molecule has 4 aliphatic heterocycles. The van der Waals surface area contributed by atoms with Crippen LogP contribution in [0.4, 0.5) is 56.9 Å². The SMILES string of the molecule is Cc1cc2c3c(c1)N(c1cccc4c1sc1ccccc14)c1cc(N4c5cc(C)cc(C)c5C5(C)CCCCC45C)ccc1B3c1ccc(N3c4cc(C)cc(C)c4C4(C)CCCCC34C)cc1N2c1ccc2sc3ccccc3c2c1. The van der Waals surface area contributed by atoms with E-state index < -0.39 is 0 Å². The van der Waals surface area contributed by atoms with Crippen molar-refractivity contribution in [2.45, 2.75) is 136 Å². The first kappa shape index (κ1) is 49.3. The average Bonchev–Trinajstić information content (AvgIpc) is 2.94. The van der Waals surface area contributed by atoms with Gasteiger partial charge in [0.15, 0.2) is 0 Å². The lowest BCUT2D eigenvalue weighted by Crippen LogP contribution is -2.61. The molecule has 404 valence electrons. The van der Waals surface area contributed by atoms with Crippen molar-refractivity contribution in [2.24, 2.45) is 0 Å². The largest absolute Gasteiger partial charge is 0.334 e. The molecule has 0 spiro atoms. The van der Waals surface area contributed by atoms with Gasteiger partial charge in [-0.3, -0.25) is 0 Å². The molecule has 4 atom stereocenters. The fourth-order valence-corrected chi connectivity index (χ4v) is 20.5. The van der Waals surface area contributed by atoms with Crippen LogP contribution in [0.25, 0.3) is 40.3 Å². The maximum atomic E-state index is 2.82. The maximum Gasteiger partial charge on any atom is 0.252 e. The molecule has 0 radical (unpaired) electrons. The zero-order valence-electron chi connectivity index (χ0n) is 48.9. The number of nitrogens with zero attached hydrogens (tertiary/aromatic N) is 4. The highest BCUT2D eigenvalue weighted by atomic mass is 32.1. The molecule has 2 saturated carbocycles. The highest BCUT2D eigenvalue weighted by Crippen LogP contribution is 2.64. The average molecular weight is 1100 g/mol. The van der Waals surface area contributed by atoms with Gasteiger partial charge >= 0.3 is 0 Å². The van der Waals surface area contributed by atoms with Gasteiger partial charge in [-0.2, -0.15) is 0 Å². The summed E-state index contributed by atoms with van der Waals surface area (Å²) < 4.78 is 5.30. The first-order valence-electron chi connectivity index (χ1n) is 30.4. The summed E-state index contributed by atoms with van der Waals surface area (Å²) in [6.07, 6.45) is 9.72. The quantitative estimate of drug-likeness (QED) is 0.163. The van der Waals surface area contributed by atoms with Gasteiger partial charge in [0.2, 0.25) is 0 Å². The van der Waals surface area contributed by atoms with Crippen LogP contribution in [0.1, 0.15) is 118 Å². The van der Waals surface area contributed by atoms with E-state index in [9.17, 15) is 0 Å². The number of thiophene rings is 2. The van der Waals surface area contributed by atoms with E-state index in [4.69, 9.17) is 0 Å². The predicted octanol–water partition coefficient (Wildman–Crippen LogP) is 19.5. The summed E-state index contributed by atoms with van der Waals surface area (Å²) in [5.41, 5.74) is 26.7. The van der Waals surface area contributed by atoms with Gasteiger partial charge < -0.3 is 19.6 Å². The van der Waals surface area contributed by atoms with Gasteiger partial charge in [-0.05, 0) is 214 Å². The van der Waals surface area contributed by atoms with E-state index in [1.807, 2.05) is 22.7 Å². The molecular weight excluding hydrogens is 1030 g/mol. The van der Waals surface area contributed by atoms with Gasteiger partial charge in [0.1, 0.15) is 0 Å². The fourth-order valence-electron chi connectivity index (χ4n) is 18.2. The number of hydrogen-bond acceptors (Lipinski definition) is 6. The zero-order valence-corrected chi connectivity index (χ0v) is 50.5. The Bertz CT molecular complexity index is 4620. The molecule has 2 aromatic heterocycles. The maximum absolute atomic E-state index is 2.82. The summed E-state index contributed by atoms with van der Waals surface area (Å²) in [5.74, 6) is 0. The second kappa shape index (κ2) is 16.9. The molecule has 4 unspecified atom stereocenters. The summed E-state index contributed by atoms with van der Waals surface area (Å²) >= 11 is 3.84. The van der Waals surface area contributed by atoms with Crippen LogP contribution >= 0.6 is 22.7 Å². The van der Waals surface area contributed by atoms with Crippen LogP contribution in [-0.2, 0) is 10.8 Å². The van der Waals surface area contributed by atoms with Crippen LogP contribution < -0.4 is 36.0 Å². The molecule has 82 heavy (non-hydrogen) atoms. The minimum Gasteiger partial charge on any atom is -0.334 e. The third-order valence-corrected chi connectivity index (χ3v) is 24.4. The van der Waals surface area contributed by atoms with Crippen LogP contribution in [0.3, 0.4) is 0 Å². The van der Waals surface area contributed by atoms with Crippen LogP contribution in [0.2, 0.25) is 0 Å². The smallest absolute Gasteiger partial charge is 0.252 e. The summed E-state index contributed by atoms with van der Waals surface area (Å²) in [6, 6.07) is 62.8. The van der Waals surface area contributed by atoms with Crippen LogP contribution in [-0.4, -0.2) is 17.8 Å². The van der Waals surface area contributed by atoms with Crippen LogP contribution in [0, 0.1) is 34.6 Å². The molecule has 6 aliphatic rings. The number of benzene rings is 9. The van der Waals surface area contributed by atoms with Crippen molar-refractivity contribution in [3.8, 4) is 0 Å². The minimum atomic E-state index is -0.0907. The summed E-state index contributed by atoms with van der Waals surface area (Å²) in [7, 11) is 0. The van der Waals surface area contributed by atoms with Crippen LogP contribution in [0.5, 0.6) is 0 Å². The molecule has 0 saturated heterocycles. The van der Waals surface area contributed by atoms with Gasteiger partial charge in [0.05, 0.1) is 21.5 Å². The third-order valence-electron chi connectivity index (χ3n) is 22.0. The lowest BCUT2D eigenvalue weighted by Gasteiger charge is -2.51. The van der Waals surface area contributed by atoms with E-state index in [1.165, 1.54) is 180 Å². The molecule has 2 aliphatic carbocycles. The topological polar surface area (TPSA) is 13.0 Å². The lowest BCUT2D eigenvalue weighted by atomic mass is 9.33. The number of fused-ring (bicyclic) bond motifs is 16. The number of rotatable bonds is 4. The molecule has 7 heteroatoms. The van der Waals surface area contributed by atoms with Crippen molar-refractivity contribution in [3.05, 3.63) is 197 Å². The van der Waals surface area contributed by atoms with Crippen molar-refractivity contribution in [2.75, 3.05) is 19.6 Å².